The molecule has 6 heteroatoms. The molecule has 0 saturated heterocycles. The Morgan fingerprint density at radius 2 is 1.83 bits per heavy atom. The number of halogens is 1. The third kappa shape index (κ3) is 10.1. The van der Waals surface area contributed by atoms with Crippen LogP contribution < -0.4 is 5.32 Å². The Balaban J connectivity index is 2.56. The van der Waals surface area contributed by atoms with Crippen molar-refractivity contribution in [3.63, 3.8) is 0 Å². The number of nitrogens with one attached hydrogen (secondary N) is 1. The minimum absolute atomic E-state index is 0.0220. The van der Waals surface area contributed by atoms with Crippen molar-refractivity contribution in [1.82, 2.24) is 5.32 Å². The maximum atomic E-state index is 14.4. The molecule has 1 aromatic rings. The second-order valence-electron chi connectivity index (χ2n) is 9.49. The molecule has 0 saturated carbocycles. The maximum Gasteiger partial charge on any atom is 0.407 e. The Labute approximate surface area is 177 Å². The van der Waals surface area contributed by atoms with E-state index in [1.165, 1.54) is 0 Å². The average molecular weight is 424 g/mol. The van der Waals surface area contributed by atoms with Gasteiger partial charge in [-0.3, -0.25) is 0 Å². The normalized spacial score (nSPS) is 14.0. The predicted octanol–water partition coefficient (Wildman–Crippen LogP) is 6.45. The maximum absolute atomic E-state index is 14.4. The van der Waals surface area contributed by atoms with E-state index in [1.54, 1.807) is 6.08 Å². The van der Waals surface area contributed by atoms with Gasteiger partial charge in [0.2, 0.25) is 0 Å². The van der Waals surface area contributed by atoms with Crippen LogP contribution in [-0.4, -0.2) is 27.6 Å². The van der Waals surface area contributed by atoms with Crippen molar-refractivity contribution in [2.24, 2.45) is 11.8 Å². The summed E-state index contributed by atoms with van der Waals surface area (Å²) in [4.78, 5) is 11.8. The molecule has 29 heavy (non-hydrogen) atoms. The van der Waals surface area contributed by atoms with Crippen LogP contribution in [0.25, 0.3) is 0 Å². The number of rotatable bonds is 10. The highest BCUT2D eigenvalue weighted by atomic mass is 28.4. The fraction of sp³-hybridized carbons (Fsp3) is 0.609. The number of benzene rings is 1. The van der Waals surface area contributed by atoms with E-state index in [4.69, 9.17) is 9.16 Å². The molecular formula is C23H38FNO3Si. The molecule has 4 nitrogen and oxygen atoms in total. The van der Waals surface area contributed by atoms with Crippen molar-refractivity contribution in [3.05, 3.63) is 47.8 Å². The molecule has 0 radical (unpaired) electrons. The van der Waals surface area contributed by atoms with Crippen LogP contribution in [0.5, 0.6) is 0 Å². The highest BCUT2D eigenvalue weighted by Crippen LogP contribution is 2.37. The van der Waals surface area contributed by atoms with Gasteiger partial charge < -0.3 is 14.5 Å². The molecule has 0 aliphatic carbocycles. The number of carbonyl (C=O) groups is 1. The van der Waals surface area contributed by atoms with E-state index in [-0.39, 0.29) is 29.9 Å². The Kier molecular flexibility index (Phi) is 10.1. The molecule has 0 spiro atoms. The summed E-state index contributed by atoms with van der Waals surface area (Å²) < 4.78 is 25.8. The van der Waals surface area contributed by atoms with Gasteiger partial charge in [-0.05, 0) is 42.1 Å². The molecule has 1 rings (SSSR count). The van der Waals surface area contributed by atoms with Gasteiger partial charge in [-0.15, -0.1) is 0 Å². The SMILES string of the molecule is CC(C)C[C@H](/C=C(\F)CNC(=O)OCc1ccccc1)CO[Si](C)(C)C(C)(C)C. The van der Waals surface area contributed by atoms with E-state index < -0.39 is 14.4 Å². The van der Waals surface area contributed by atoms with E-state index in [1.807, 2.05) is 30.3 Å². The summed E-state index contributed by atoms with van der Waals surface area (Å²) in [6.45, 7) is 15.7. The summed E-state index contributed by atoms with van der Waals surface area (Å²) in [5, 5.41) is 2.58. The van der Waals surface area contributed by atoms with Crippen molar-refractivity contribution in [2.45, 2.75) is 65.8 Å². The molecule has 164 valence electrons. The molecule has 0 aliphatic heterocycles. The Morgan fingerprint density at radius 3 is 2.38 bits per heavy atom. The Bertz CT molecular complexity index is 654. The minimum Gasteiger partial charge on any atom is -0.445 e. The molecular weight excluding hydrogens is 385 g/mol. The number of alkyl carbamates (subject to hydrolysis) is 1. The zero-order chi connectivity index (χ0) is 22.1. The summed E-state index contributed by atoms with van der Waals surface area (Å²) in [5.74, 6) is 0.0354. The molecule has 0 aliphatic rings. The number of ether oxygens (including phenoxy) is 1. The summed E-state index contributed by atoms with van der Waals surface area (Å²) in [6, 6.07) is 9.38. The van der Waals surface area contributed by atoms with Crippen LogP contribution in [0, 0.1) is 11.8 Å². The second-order valence-corrected chi connectivity index (χ2v) is 14.3. The monoisotopic (exact) mass is 423 g/mol. The van der Waals surface area contributed by atoms with E-state index in [9.17, 15) is 9.18 Å². The molecule has 1 atom stereocenters. The van der Waals surface area contributed by atoms with Crippen molar-refractivity contribution >= 4 is 14.4 Å². The van der Waals surface area contributed by atoms with E-state index in [0.717, 1.165) is 12.0 Å². The Morgan fingerprint density at radius 1 is 1.21 bits per heavy atom. The average Bonchev–Trinajstić information content (AvgIpc) is 2.62. The van der Waals surface area contributed by atoms with E-state index >= 15 is 0 Å². The van der Waals surface area contributed by atoms with Gasteiger partial charge in [-0.1, -0.05) is 65.0 Å². The summed E-state index contributed by atoms with van der Waals surface area (Å²) >= 11 is 0. The molecule has 0 unspecified atom stereocenters. The molecule has 1 aromatic carbocycles. The summed E-state index contributed by atoms with van der Waals surface area (Å²) in [6.07, 6.45) is 1.79. The van der Waals surface area contributed by atoms with E-state index in [2.05, 4.69) is 53.0 Å². The van der Waals surface area contributed by atoms with Gasteiger partial charge in [-0.25, -0.2) is 9.18 Å². The van der Waals surface area contributed by atoms with Gasteiger partial charge in [0.25, 0.3) is 0 Å². The number of carbonyl (C=O) groups excluding carboxylic acids is 1. The van der Waals surface area contributed by atoms with Crippen LogP contribution in [0.2, 0.25) is 18.1 Å². The lowest BCUT2D eigenvalue weighted by molar-refractivity contribution is 0.140. The van der Waals surface area contributed by atoms with Crippen LogP contribution in [0.1, 0.15) is 46.6 Å². The van der Waals surface area contributed by atoms with Crippen molar-refractivity contribution in [1.29, 1.82) is 0 Å². The topological polar surface area (TPSA) is 47.6 Å². The summed E-state index contributed by atoms with van der Waals surface area (Å²) in [5.41, 5.74) is 0.887. The fourth-order valence-corrected chi connectivity index (χ4v) is 3.63. The zero-order valence-electron chi connectivity index (χ0n) is 19.0. The van der Waals surface area contributed by atoms with E-state index in [0.29, 0.717) is 12.5 Å². The smallest absolute Gasteiger partial charge is 0.407 e. The molecule has 0 fully saturated rings. The molecule has 1 N–H and O–H groups in total. The van der Waals surface area contributed by atoms with Gasteiger partial charge in [0.15, 0.2) is 8.32 Å². The van der Waals surface area contributed by atoms with Crippen molar-refractivity contribution in [2.75, 3.05) is 13.2 Å². The van der Waals surface area contributed by atoms with Gasteiger partial charge >= 0.3 is 6.09 Å². The highest BCUT2D eigenvalue weighted by Gasteiger charge is 2.37. The van der Waals surface area contributed by atoms with Crippen LogP contribution in [-0.2, 0) is 15.8 Å². The largest absolute Gasteiger partial charge is 0.445 e. The van der Waals surface area contributed by atoms with Crippen LogP contribution >= 0.6 is 0 Å². The predicted molar refractivity (Wildman–Crippen MR) is 120 cm³/mol. The molecule has 0 aromatic heterocycles. The van der Waals surface area contributed by atoms with Gasteiger partial charge in [0.1, 0.15) is 12.4 Å². The van der Waals surface area contributed by atoms with Gasteiger partial charge in [-0.2, -0.15) is 0 Å². The minimum atomic E-state index is -1.89. The number of amides is 1. The van der Waals surface area contributed by atoms with Gasteiger partial charge in [0.05, 0.1) is 6.54 Å². The second kappa shape index (κ2) is 11.5. The first-order valence-corrected chi connectivity index (χ1v) is 13.3. The van der Waals surface area contributed by atoms with Gasteiger partial charge in [0, 0.05) is 12.5 Å². The number of hydrogen-bond donors (Lipinski definition) is 1. The summed E-state index contributed by atoms with van der Waals surface area (Å²) in [7, 11) is -1.89. The quantitative estimate of drug-likeness (QED) is 0.440. The van der Waals surface area contributed by atoms with Crippen LogP contribution in [0.15, 0.2) is 42.2 Å². The lowest BCUT2D eigenvalue weighted by Crippen LogP contribution is -2.42. The Hall–Kier alpha value is -1.66. The van der Waals surface area contributed by atoms with Crippen LogP contribution in [0.3, 0.4) is 0 Å². The standard InChI is InChI=1S/C23H38FNO3Si/c1-18(2)13-20(17-28-29(6,7)23(3,4)5)14-21(24)15-25-22(26)27-16-19-11-9-8-10-12-19/h8-12,14,18,20H,13,15-17H2,1-7H3,(H,25,26)/b21-14-/t20-/m1/s1. The first kappa shape index (κ1) is 25.4. The lowest BCUT2D eigenvalue weighted by Gasteiger charge is -2.37. The number of hydrogen-bond acceptors (Lipinski definition) is 3. The fourth-order valence-electron chi connectivity index (χ4n) is 2.57. The first-order chi connectivity index (χ1) is 13.4. The first-order valence-electron chi connectivity index (χ1n) is 10.4. The molecule has 0 heterocycles. The molecule has 1 amide bonds. The zero-order valence-corrected chi connectivity index (χ0v) is 20.0. The van der Waals surface area contributed by atoms with Crippen molar-refractivity contribution < 1.29 is 18.3 Å². The lowest BCUT2D eigenvalue weighted by atomic mass is 9.97. The third-order valence-electron chi connectivity index (χ3n) is 5.27. The van der Waals surface area contributed by atoms with Crippen molar-refractivity contribution in [3.8, 4) is 0 Å². The van der Waals surface area contributed by atoms with Crippen LogP contribution in [0.4, 0.5) is 9.18 Å². The highest BCUT2D eigenvalue weighted by molar-refractivity contribution is 6.74. The molecule has 0 bridgehead atoms. The third-order valence-corrected chi connectivity index (χ3v) is 9.77.